The number of hydrogen-bond donors (Lipinski definition) is 1. The Labute approximate surface area is 179 Å². The zero-order valence-corrected chi connectivity index (χ0v) is 17.8. The summed E-state index contributed by atoms with van der Waals surface area (Å²) in [5.41, 5.74) is -0.290. The van der Waals surface area contributed by atoms with E-state index in [4.69, 9.17) is 16.3 Å². The summed E-state index contributed by atoms with van der Waals surface area (Å²) in [5.74, 6) is -0.893. The molecule has 160 valence electrons. The van der Waals surface area contributed by atoms with Gasteiger partial charge in [-0.15, -0.1) is 0 Å². The number of hydrogen-bond acceptors (Lipinski definition) is 5. The minimum atomic E-state index is -4.31. The van der Waals surface area contributed by atoms with Gasteiger partial charge >= 0.3 is 0 Å². The Bertz CT molecular complexity index is 1070. The van der Waals surface area contributed by atoms with E-state index in [-0.39, 0.29) is 0 Å². The summed E-state index contributed by atoms with van der Waals surface area (Å²) in [6, 6.07) is 8.78. The molecule has 1 N–H and O–H groups in total. The van der Waals surface area contributed by atoms with Crippen molar-refractivity contribution in [1.82, 2.24) is 9.71 Å². The average Bonchev–Trinajstić information content (AvgIpc) is 3.49. The van der Waals surface area contributed by atoms with Gasteiger partial charge in [0.25, 0.3) is 15.9 Å². The van der Waals surface area contributed by atoms with E-state index in [0.29, 0.717) is 29.5 Å². The van der Waals surface area contributed by atoms with E-state index < -0.39 is 32.5 Å². The summed E-state index contributed by atoms with van der Waals surface area (Å²) < 4.78 is 46.3. The quantitative estimate of drug-likeness (QED) is 0.659. The standard InChI is InChI=1S/C21H22ClFN2O4S/c22-15-9-10-16(14-5-2-1-3-6-14)17(13-15)29-21(11-12-21)20(26)25-30(27,28)19-8-4-7-18(23)24-19/h4,7-10,13-14H,1-3,5-6,11-12H2,(H,25,26). The SMILES string of the molecule is O=C(NS(=O)(=O)c1cccc(F)n1)C1(Oc2cc(Cl)ccc2C2CCCCC2)CC1. The van der Waals surface area contributed by atoms with Crippen LogP contribution in [0.25, 0.3) is 0 Å². The first-order chi connectivity index (χ1) is 14.3. The highest BCUT2D eigenvalue weighted by molar-refractivity contribution is 7.90. The van der Waals surface area contributed by atoms with Crippen LogP contribution in [0.15, 0.2) is 41.4 Å². The highest BCUT2D eigenvalue weighted by Crippen LogP contribution is 2.45. The fourth-order valence-electron chi connectivity index (χ4n) is 3.85. The first kappa shape index (κ1) is 21.1. The number of nitrogens with zero attached hydrogens (tertiary/aromatic N) is 1. The van der Waals surface area contributed by atoms with Crippen LogP contribution < -0.4 is 9.46 Å². The van der Waals surface area contributed by atoms with Gasteiger partial charge in [0.1, 0.15) is 5.75 Å². The molecule has 2 aliphatic rings. The zero-order valence-electron chi connectivity index (χ0n) is 16.2. The van der Waals surface area contributed by atoms with Gasteiger partial charge in [0, 0.05) is 17.9 Å². The molecule has 0 atom stereocenters. The molecular formula is C21H22ClFN2O4S. The molecule has 0 saturated heterocycles. The second-order valence-electron chi connectivity index (χ2n) is 7.85. The van der Waals surface area contributed by atoms with Crippen molar-refractivity contribution in [2.45, 2.75) is 61.5 Å². The van der Waals surface area contributed by atoms with Crippen LogP contribution in [0, 0.1) is 5.95 Å². The lowest BCUT2D eigenvalue weighted by atomic mass is 9.83. The number of sulfonamides is 1. The van der Waals surface area contributed by atoms with Gasteiger partial charge in [0.2, 0.25) is 5.95 Å². The predicted molar refractivity (Wildman–Crippen MR) is 109 cm³/mol. The van der Waals surface area contributed by atoms with Crippen molar-refractivity contribution in [3.8, 4) is 5.75 Å². The summed E-state index contributed by atoms with van der Waals surface area (Å²) in [7, 11) is -4.31. The minimum Gasteiger partial charge on any atom is -0.477 e. The molecule has 0 radical (unpaired) electrons. The molecule has 1 heterocycles. The molecule has 0 unspecified atom stereocenters. The van der Waals surface area contributed by atoms with E-state index in [0.717, 1.165) is 43.4 Å². The molecule has 2 aliphatic carbocycles. The van der Waals surface area contributed by atoms with E-state index in [1.165, 1.54) is 12.5 Å². The third kappa shape index (κ3) is 4.44. The molecule has 2 fully saturated rings. The van der Waals surface area contributed by atoms with Gasteiger partial charge in [0.05, 0.1) is 0 Å². The summed E-state index contributed by atoms with van der Waals surface area (Å²) in [6.45, 7) is 0. The number of nitrogens with one attached hydrogen (secondary N) is 1. The summed E-state index contributed by atoms with van der Waals surface area (Å²) in [4.78, 5) is 16.2. The molecule has 30 heavy (non-hydrogen) atoms. The average molecular weight is 453 g/mol. The van der Waals surface area contributed by atoms with Crippen LogP contribution in [-0.4, -0.2) is 24.9 Å². The topological polar surface area (TPSA) is 85.4 Å². The maximum atomic E-state index is 13.3. The number of ether oxygens (including phenoxy) is 1. The molecule has 0 bridgehead atoms. The number of pyridine rings is 1. The van der Waals surface area contributed by atoms with Crippen LogP contribution in [0.5, 0.6) is 5.75 Å². The lowest BCUT2D eigenvalue weighted by molar-refractivity contribution is -0.128. The Balaban J connectivity index is 1.55. The summed E-state index contributed by atoms with van der Waals surface area (Å²) in [5, 5.41) is -0.0744. The number of halogens is 2. The molecule has 1 aromatic heterocycles. The van der Waals surface area contributed by atoms with Gasteiger partial charge in [-0.2, -0.15) is 12.8 Å². The lowest BCUT2D eigenvalue weighted by Gasteiger charge is -2.26. The maximum absolute atomic E-state index is 13.3. The normalized spacial score (nSPS) is 18.6. The second kappa shape index (κ2) is 8.15. The van der Waals surface area contributed by atoms with Gasteiger partial charge in [-0.3, -0.25) is 4.79 Å². The third-order valence-corrected chi connectivity index (χ3v) is 7.10. The van der Waals surface area contributed by atoms with Crippen LogP contribution in [0.4, 0.5) is 4.39 Å². The van der Waals surface area contributed by atoms with Crippen LogP contribution in [0.1, 0.15) is 56.4 Å². The highest BCUT2D eigenvalue weighted by atomic mass is 35.5. The van der Waals surface area contributed by atoms with Crippen LogP contribution in [0.3, 0.4) is 0 Å². The fraction of sp³-hybridized carbons (Fsp3) is 0.429. The van der Waals surface area contributed by atoms with Gasteiger partial charge in [-0.25, -0.2) is 9.71 Å². The predicted octanol–water partition coefficient (Wildman–Crippen LogP) is 4.34. The number of carbonyl (C=O) groups excluding carboxylic acids is 1. The number of rotatable bonds is 6. The number of aromatic nitrogens is 1. The monoisotopic (exact) mass is 452 g/mol. The van der Waals surface area contributed by atoms with Crippen molar-refractivity contribution in [3.05, 3.63) is 52.9 Å². The molecule has 2 aromatic rings. The number of carbonyl (C=O) groups is 1. The van der Waals surface area contributed by atoms with Crippen LogP contribution in [-0.2, 0) is 14.8 Å². The highest BCUT2D eigenvalue weighted by Gasteiger charge is 2.54. The smallest absolute Gasteiger partial charge is 0.281 e. The largest absolute Gasteiger partial charge is 0.477 e. The van der Waals surface area contributed by atoms with Crippen molar-refractivity contribution >= 4 is 27.5 Å². The Morgan fingerprint density at radius 3 is 2.57 bits per heavy atom. The Hall–Kier alpha value is -2.19. The van der Waals surface area contributed by atoms with Crippen molar-refractivity contribution in [2.24, 2.45) is 0 Å². The number of benzene rings is 1. The van der Waals surface area contributed by atoms with Gasteiger partial charge in [0.15, 0.2) is 10.6 Å². The van der Waals surface area contributed by atoms with Crippen molar-refractivity contribution < 1.29 is 22.3 Å². The van der Waals surface area contributed by atoms with Crippen LogP contribution >= 0.6 is 11.6 Å². The molecule has 0 spiro atoms. The lowest BCUT2D eigenvalue weighted by Crippen LogP contribution is -2.43. The fourth-order valence-corrected chi connectivity index (χ4v) is 5.02. The molecule has 6 nitrogen and oxygen atoms in total. The molecule has 0 aliphatic heterocycles. The van der Waals surface area contributed by atoms with Crippen molar-refractivity contribution in [3.63, 3.8) is 0 Å². The van der Waals surface area contributed by atoms with Crippen LogP contribution in [0.2, 0.25) is 5.02 Å². The third-order valence-electron chi connectivity index (χ3n) is 5.64. The second-order valence-corrected chi connectivity index (χ2v) is 9.91. The Kier molecular flexibility index (Phi) is 5.72. The van der Waals surface area contributed by atoms with Gasteiger partial charge < -0.3 is 4.74 Å². The molecular weight excluding hydrogens is 431 g/mol. The maximum Gasteiger partial charge on any atom is 0.281 e. The van der Waals surface area contributed by atoms with E-state index >= 15 is 0 Å². The minimum absolute atomic E-state index is 0.324. The Morgan fingerprint density at radius 2 is 1.90 bits per heavy atom. The van der Waals surface area contributed by atoms with E-state index in [1.807, 2.05) is 10.8 Å². The summed E-state index contributed by atoms with van der Waals surface area (Å²) in [6.07, 6.45) is 6.31. The zero-order chi connectivity index (χ0) is 21.4. The van der Waals surface area contributed by atoms with Crippen molar-refractivity contribution in [1.29, 1.82) is 0 Å². The van der Waals surface area contributed by atoms with Crippen molar-refractivity contribution in [2.75, 3.05) is 0 Å². The van der Waals surface area contributed by atoms with E-state index in [1.54, 1.807) is 12.1 Å². The summed E-state index contributed by atoms with van der Waals surface area (Å²) >= 11 is 6.17. The molecule has 2 saturated carbocycles. The molecule has 1 amide bonds. The first-order valence-electron chi connectivity index (χ1n) is 9.97. The Morgan fingerprint density at radius 1 is 1.17 bits per heavy atom. The first-order valence-corrected chi connectivity index (χ1v) is 11.8. The van der Waals surface area contributed by atoms with Gasteiger partial charge in [-0.05, 0) is 48.6 Å². The van der Waals surface area contributed by atoms with E-state index in [2.05, 4.69) is 4.98 Å². The van der Waals surface area contributed by atoms with E-state index in [9.17, 15) is 17.6 Å². The molecule has 1 aromatic carbocycles. The number of amides is 1. The van der Waals surface area contributed by atoms with Gasteiger partial charge in [-0.1, -0.05) is 43.0 Å². The molecule has 4 rings (SSSR count). The molecule has 9 heteroatoms.